The predicted octanol–water partition coefficient (Wildman–Crippen LogP) is 3.80. The lowest BCUT2D eigenvalue weighted by Crippen LogP contribution is -2.42. The second kappa shape index (κ2) is 4.62. The summed E-state index contributed by atoms with van der Waals surface area (Å²) in [5, 5.41) is 4.63. The van der Waals surface area contributed by atoms with Crippen molar-refractivity contribution in [2.45, 2.75) is 44.6 Å². The Morgan fingerprint density at radius 2 is 2.00 bits per heavy atom. The van der Waals surface area contributed by atoms with Crippen LogP contribution >= 0.6 is 11.6 Å². The summed E-state index contributed by atoms with van der Waals surface area (Å²) in [5.74, 6) is 0. The van der Waals surface area contributed by atoms with E-state index in [2.05, 4.69) is 17.4 Å². The third-order valence-electron chi connectivity index (χ3n) is 4.28. The number of hydrogen-bond acceptors (Lipinski definition) is 1. The monoisotopic (exact) mass is 249 g/mol. The fourth-order valence-electron chi connectivity index (χ4n) is 2.79. The minimum absolute atomic E-state index is 0.494. The van der Waals surface area contributed by atoms with Crippen LogP contribution in [0.1, 0.15) is 37.7 Å². The molecule has 0 unspecified atom stereocenters. The molecule has 0 bridgehead atoms. The molecule has 0 radical (unpaired) electrons. The molecule has 2 fully saturated rings. The zero-order chi connectivity index (χ0) is 11.7. The van der Waals surface area contributed by atoms with Crippen molar-refractivity contribution >= 4 is 11.6 Å². The molecule has 0 amide bonds. The molecule has 1 nitrogen and oxygen atoms in total. The summed E-state index contributed by atoms with van der Waals surface area (Å²) < 4.78 is 0. The molecule has 3 rings (SSSR count). The van der Waals surface area contributed by atoms with E-state index in [4.69, 9.17) is 11.6 Å². The van der Waals surface area contributed by atoms with Crippen LogP contribution in [0.2, 0.25) is 5.02 Å². The van der Waals surface area contributed by atoms with E-state index in [0.29, 0.717) is 5.41 Å². The van der Waals surface area contributed by atoms with E-state index in [-0.39, 0.29) is 0 Å². The maximum absolute atomic E-state index is 6.27. The minimum atomic E-state index is 0.494. The Bertz CT molecular complexity index is 394. The van der Waals surface area contributed by atoms with E-state index in [1.165, 1.54) is 44.2 Å². The zero-order valence-electron chi connectivity index (χ0n) is 10.2. The Balaban J connectivity index is 1.66. The van der Waals surface area contributed by atoms with Crippen molar-refractivity contribution in [3.05, 3.63) is 34.9 Å². The SMILES string of the molecule is Clc1ccccc1CC1(CNC2CC2)CCC1. The first kappa shape index (κ1) is 11.6. The Labute approximate surface area is 109 Å². The van der Waals surface area contributed by atoms with Crippen molar-refractivity contribution in [2.24, 2.45) is 5.41 Å². The van der Waals surface area contributed by atoms with Crippen molar-refractivity contribution in [3.8, 4) is 0 Å². The maximum atomic E-state index is 6.27. The summed E-state index contributed by atoms with van der Waals surface area (Å²) in [4.78, 5) is 0. The first-order chi connectivity index (χ1) is 8.27. The Morgan fingerprint density at radius 3 is 2.59 bits per heavy atom. The van der Waals surface area contributed by atoms with Crippen LogP contribution in [-0.4, -0.2) is 12.6 Å². The molecule has 1 N–H and O–H groups in total. The van der Waals surface area contributed by atoms with Crippen molar-refractivity contribution in [1.82, 2.24) is 5.32 Å². The quantitative estimate of drug-likeness (QED) is 0.837. The van der Waals surface area contributed by atoms with Gasteiger partial charge in [0.15, 0.2) is 0 Å². The Hall–Kier alpha value is -0.530. The average molecular weight is 250 g/mol. The normalized spacial score (nSPS) is 22.2. The highest BCUT2D eigenvalue weighted by Crippen LogP contribution is 2.44. The topological polar surface area (TPSA) is 12.0 Å². The third kappa shape index (κ3) is 2.66. The zero-order valence-corrected chi connectivity index (χ0v) is 11.0. The lowest BCUT2D eigenvalue weighted by Gasteiger charge is -2.42. The van der Waals surface area contributed by atoms with Gasteiger partial charge in [-0.2, -0.15) is 0 Å². The number of benzene rings is 1. The summed E-state index contributed by atoms with van der Waals surface area (Å²) in [6, 6.07) is 9.12. The molecule has 0 heterocycles. The van der Waals surface area contributed by atoms with E-state index in [0.717, 1.165) is 17.5 Å². The van der Waals surface area contributed by atoms with Crippen LogP contribution in [0, 0.1) is 5.41 Å². The first-order valence-electron chi connectivity index (χ1n) is 6.74. The van der Waals surface area contributed by atoms with Crippen LogP contribution in [0.25, 0.3) is 0 Å². The largest absolute Gasteiger partial charge is 0.313 e. The highest BCUT2D eigenvalue weighted by Gasteiger charge is 2.38. The highest BCUT2D eigenvalue weighted by molar-refractivity contribution is 6.31. The average Bonchev–Trinajstić information content (AvgIpc) is 3.08. The summed E-state index contributed by atoms with van der Waals surface area (Å²) in [7, 11) is 0. The van der Waals surface area contributed by atoms with Gasteiger partial charge in [0.1, 0.15) is 0 Å². The fraction of sp³-hybridized carbons (Fsp3) is 0.600. The molecule has 2 aliphatic carbocycles. The van der Waals surface area contributed by atoms with Crippen molar-refractivity contribution < 1.29 is 0 Å². The predicted molar refractivity (Wildman–Crippen MR) is 72.5 cm³/mol. The van der Waals surface area contributed by atoms with E-state index >= 15 is 0 Å². The molecule has 2 aliphatic rings. The van der Waals surface area contributed by atoms with Gasteiger partial charge in [0.25, 0.3) is 0 Å². The highest BCUT2D eigenvalue weighted by atomic mass is 35.5. The van der Waals surface area contributed by atoms with Gasteiger partial charge in [-0.3, -0.25) is 0 Å². The van der Waals surface area contributed by atoms with Crippen molar-refractivity contribution in [3.63, 3.8) is 0 Å². The van der Waals surface area contributed by atoms with E-state index in [9.17, 15) is 0 Å². The standard InChI is InChI=1S/C15H20ClN/c16-14-5-2-1-4-12(14)10-15(8-3-9-15)11-17-13-6-7-13/h1-2,4-5,13,17H,3,6-11H2. The molecular weight excluding hydrogens is 230 g/mol. The molecule has 2 heteroatoms. The summed E-state index contributed by atoms with van der Waals surface area (Å²) in [5.41, 5.74) is 1.82. The van der Waals surface area contributed by atoms with Gasteiger partial charge in [0.2, 0.25) is 0 Å². The third-order valence-corrected chi connectivity index (χ3v) is 4.65. The molecule has 1 aromatic rings. The van der Waals surface area contributed by atoms with Gasteiger partial charge in [-0.15, -0.1) is 0 Å². The van der Waals surface area contributed by atoms with E-state index < -0.39 is 0 Å². The molecule has 92 valence electrons. The van der Waals surface area contributed by atoms with Crippen LogP contribution in [0.5, 0.6) is 0 Å². The van der Waals surface area contributed by atoms with Gasteiger partial charge < -0.3 is 5.32 Å². The van der Waals surface area contributed by atoms with Crippen molar-refractivity contribution in [2.75, 3.05) is 6.54 Å². The fourth-order valence-corrected chi connectivity index (χ4v) is 2.99. The molecule has 0 spiro atoms. The van der Waals surface area contributed by atoms with Crippen LogP contribution in [0.3, 0.4) is 0 Å². The number of rotatable bonds is 5. The Morgan fingerprint density at radius 1 is 1.24 bits per heavy atom. The van der Waals surface area contributed by atoms with Crippen LogP contribution in [0.4, 0.5) is 0 Å². The summed E-state index contributed by atoms with van der Waals surface area (Å²) in [6.07, 6.45) is 8.00. The molecule has 1 aromatic carbocycles. The number of halogens is 1. The van der Waals surface area contributed by atoms with Gasteiger partial charge in [0, 0.05) is 17.6 Å². The summed E-state index contributed by atoms with van der Waals surface area (Å²) >= 11 is 6.27. The second-order valence-corrected chi connectivity index (χ2v) is 6.18. The smallest absolute Gasteiger partial charge is 0.0438 e. The second-order valence-electron chi connectivity index (χ2n) is 5.78. The van der Waals surface area contributed by atoms with Gasteiger partial charge in [0.05, 0.1) is 0 Å². The lowest BCUT2D eigenvalue weighted by molar-refractivity contribution is 0.129. The van der Waals surface area contributed by atoms with Gasteiger partial charge in [-0.1, -0.05) is 36.2 Å². The molecule has 0 atom stereocenters. The number of hydrogen-bond donors (Lipinski definition) is 1. The minimum Gasteiger partial charge on any atom is -0.313 e. The first-order valence-corrected chi connectivity index (χ1v) is 7.12. The van der Waals surface area contributed by atoms with Crippen LogP contribution in [-0.2, 0) is 6.42 Å². The van der Waals surface area contributed by atoms with E-state index in [1.807, 2.05) is 12.1 Å². The van der Waals surface area contributed by atoms with Crippen molar-refractivity contribution in [1.29, 1.82) is 0 Å². The molecule has 17 heavy (non-hydrogen) atoms. The van der Waals surface area contributed by atoms with Crippen LogP contribution in [0.15, 0.2) is 24.3 Å². The molecule has 0 aliphatic heterocycles. The van der Waals surface area contributed by atoms with E-state index in [1.54, 1.807) is 0 Å². The lowest BCUT2D eigenvalue weighted by atomic mass is 9.65. The van der Waals surface area contributed by atoms with Gasteiger partial charge >= 0.3 is 0 Å². The van der Waals surface area contributed by atoms with Gasteiger partial charge in [-0.05, 0) is 49.1 Å². The summed E-state index contributed by atoms with van der Waals surface area (Å²) in [6.45, 7) is 1.18. The van der Waals surface area contributed by atoms with Crippen LogP contribution < -0.4 is 5.32 Å². The van der Waals surface area contributed by atoms with Gasteiger partial charge in [-0.25, -0.2) is 0 Å². The molecule has 2 saturated carbocycles. The maximum Gasteiger partial charge on any atom is 0.0438 e. The molecule has 0 saturated heterocycles. The Kier molecular flexibility index (Phi) is 3.14. The molecule has 0 aromatic heterocycles. The molecular formula is C15H20ClN. The number of nitrogens with one attached hydrogen (secondary N) is 1.